The highest BCUT2D eigenvalue weighted by Crippen LogP contribution is 2.37. The number of hydrogen-bond acceptors (Lipinski definition) is 5. The summed E-state index contributed by atoms with van der Waals surface area (Å²) in [5, 5.41) is 0.885. The molecule has 0 spiro atoms. The number of aldehydes is 1. The molecule has 2 heterocycles. The van der Waals surface area contributed by atoms with Gasteiger partial charge in [-0.05, 0) is 0 Å². The van der Waals surface area contributed by atoms with Crippen molar-refractivity contribution in [2.45, 2.75) is 18.4 Å². The second-order valence-electron chi connectivity index (χ2n) is 3.50. The van der Waals surface area contributed by atoms with Gasteiger partial charge in [0.05, 0.1) is 4.88 Å². The first-order chi connectivity index (χ1) is 7.30. The minimum absolute atomic E-state index is 0.343. The highest BCUT2D eigenvalue weighted by molar-refractivity contribution is 7.13. The average molecular weight is 227 g/mol. The van der Waals surface area contributed by atoms with Gasteiger partial charge in [0, 0.05) is 39.4 Å². The van der Waals surface area contributed by atoms with Crippen molar-refractivity contribution in [1.29, 1.82) is 0 Å². The normalized spacial score (nSPS) is 20.1. The lowest BCUT2D eigenvalue weighted by Gasteiger charge is -2.33. The Bertz CT molecular complexity index is 344. The van der Waals surface area contributed by atoms with Crippen molar-refractivity contribution >= 4 is 17.6 Å². The molecule has 0 atom stereocenters. The Hall–Kier alpha value is -0.780. The monoisotopic (exact) mass is 227 g/mol. The van der Waals surface area contributed by atoms with E-state index in [0.717, 1.165) is 24.1 Å². The lowest BCUT2D eigenvalue weighted by Crippen LogP contribution is -2.35. The number of carbonyl (C=O) groups is 1. The maximum Gasteiger partial charge on any atom is 0.161 e. The number of aromatic nitrogens is 1. The summed E-state index contributed by atoms with van der Waals surface area (Å²) in [4.78, 5) is 15.5. The van der Waals surface area contributed by atoms with Crippen LogP contribution in [0.1, 0.15) is 27.5 Å². The highest BCUT2D eigenvalue weighted by atomic mass is 32.1. The molecule has 0 aromatic carbocycles. The number of rotatable bonds is 3. The van der Waals surface area contributed by atoms with E-state index in [1.165, 1.54) is 11.3 Å². The Balaban J connectivity index is 2.27. The van der Waals surface area contributed by atoms with Crippen molar-refractivity contribution in [2.24, 2.45) is 0 Å². The third-order valence-electron chi connectivity index (χ3n) is 2.72. The van der Waals surface area contributed by atoms with Gasteiger partial charge in [0.25, 0.3) is 0 Å². The van der Waals surface area contributed by atoms with Gasteiger partial charge in [0.1, 0.15) is 10.6 Å². The first kappa shape index (κ1) is 10.7. The molecule has 1 fully saturated rings. The van der Waals surface area contributed by atoms with Gasteiger partial charge in [0.2, 0.25) is 0 Å². The predicted octanol–water partition coefficient (Wildman–Crippen LogP) is 1.61. The lowest BCUT2D eigenvalue weighted by atomic mass is 9.95. The predicted molar refractivity (Wildman–Crippen MR) is 56.2 cm³/mol. The lowest BCUT2D eigenvalue weighted by molar-refractivity contribution is -0.0948. The number of thiazole rings is 1. The molecule has 1 aliphatic heterocycles. The van der Waals surface area contributed by atoms with Gasteiger partial charge in [-0.15, -0.1) is 11.3 Å². The molecule has 0 aliphatic carbocycles. The fourth-order valence-corrected chi connectivity index (χ4v) is 2.71. The molecule has 1 saturated heterocycles. The van der Waals surface area contributed by atoms with Crippen molar-refractivity contribution in [3.8, 4) is 0 Å². The van der Waals surface area contributed by atoms with Crippen LogP contribution in [0.15, 0.2) is 6.20 Å². The van der Waals surface area contributed by atoms with Gasteiger partial charge >= 0.3 is 0 Å². The largest absolute Gasteiger partial charge is 0.381 e. The standard InChI is InChI=1S/C10H13NO3S/c1-13-10(2-4-14-5-3-10)9-11-6-8(7-12)15-9/h6-7H,2-5H2,1H3. The summed E-state index contributed by atoms with van der Waals surface area (Å²) in [5.41, 5.74) is -0.343. The van der Waals surface area contributed by atoms with Crippen LogP contribution >= 0.6 is 11.3 Å². The van der Waals surface area contributed by atoms with E-state index in [2.05, 4.69) is 4.98 Å². The number of nitrogens with zero attached hydrogens (tertiary/aromatic N) is 1. The molecule has 0 radical (unpaired) electrons. The van der Waals surface area contributed by atoms with E-state index in [0.29, 0.717) is 18.1 Å². The minimum Gasteiger partial charge on any atom is -0.381 e. The molecule has 0 saturated carbocycles. The van der Waals surface area contributed by atoms with Crippen molar-refractivity contribution in [1.82, 2.24) is 4.98 Å². The van der Waals surface area contributed by atoms with Crippen LogP contribution in [0, 0.1) is 0 Å². The SMILES string of the molecule is COC1(c2ncc(C=O)s2)CCOCC1. The zero-order valence-electron chi connectivity index (χ0n) is 8.56. The van der Waals surface area contributed by atoms with Crippen LogP contribution in [-0.4, -0.2) is 31.6 Å². The van der Waals surface area contributed by atoms with Crippen molar-refractivity contribution < 1.29 is 14.3 Å². The van der Waals surface area contributed by atoms with E-state index in [9.17, 15) is 4.79 Å². The molecule has 1 aromatic heterocycles. The second-order valence-corrected chi connectivity index (χ2v) is 4.56. The highest BCUT2D eigenvalue weighted by Gasteiger charge is 2.37. The Labute approximate surface area is 92.2 Å². The molecule has 0 unspecified atom stereocenters. The quantitative estimate of drug-likeness (QED) is 0.736. The van der Waals surface area contributed by atoms with E-state index in [1.807, 2.05) is 0 Å². The van der Waals surface area contributed by atoms with Crippen LogP contribution in [0.25, 0.3) is 0 Å². The molecule has 15 heavy (non-hydrogen) atoms. The van der Waals surface area contributed by atoms with Crippen LogP contribution < -0.4 is 0 Å². The van der Waals surface area contributed by atoms with Gasteiger partial charge in [-0.1, -0.05) is 0 Å². The minimum atomic E-state index is -0.343. The summed E-state index contributed by atoms with van der Waals surface area (Å²) >= 11 is 1.40. The van der Waals surface area contributed by atoms with Crippen LogP contribution in [0.3, 0.4) is 0 Å². The molecule has 2 rings (SSSR count). The zero-order chi connectivity index (χ0) is 10.7. The van der Waals surface area contributed by atoms with Gasteiger partial charge < -0.3 is 9.47 Å². The van der Waals surface area contributed by atoms with Crippen LogP contribution in [-0.2, 0) is 15.1 Å². The molecule has 4 nitrogen and oxygen atoms in total. The van der Waals surface area contributed by atoms with E-state index in [-0.39, 0.29) is 5.60 Å². The summed E-state index contributed by atoms with van der Waals surface area (Å²) in [7, 11) is 1.69. The third kappa shape index (κ3) is 1.95. The van der Waals surface area contributed by atoms with Gasteiger partial charge in [-0.25, -0.2) is 4.98 Å². The topological polar surface area (TPSA) is 48.4 Å². The maximum atomic E-state index is 10.6. The molecule has 1 aliphatic rings. The fraction of sp³-hybridized carbons (Fsp3) is 0.600. The van der Waals surface area contributed by atoms with Crippen molar-refractivity contribution in [2.75, 3.05) is 20.3 Å². The Kier molecular flexibility index (Phi) is 3.14. The van der Waals surface area contributed by atoms with Gasteiger partial charge in [-0.3, -0.25) is 4.79 Å². The first-order valence-corrected chi connectivity index (χ1v) is 5.67. The molecule has 5 heteroatoms. The summed E-state index contributed by atoms with van der Waals surface area (Å²) in [6.07, 6.45) is 4.03. The molecule has 0 bridgehead atoms. The smallest absolute Gasteiger partial charge is 0.161 e. The number of methoxy groups -OCH3 is 1. The molecule has 0 N–H and O–H groups in total. The summed E-state index contributed by atoms with van der Waals surface area (Å²) in [6, 6.07) is 0. The molecule has 1 aromatic rings. The van der Waals surface area contributed by atoms with Gasteiger partial charge in [-0.2, -0.15) is 0 Å². The number of carbonyl (C=O) groups excluding carboxylic acids is 1. The Morgan fingerprint density at radius 1 is 1.60 bits per heavy atom. The van der Waals surface area contributed by atoms with E-state index in [1.54, 1.807) is 13.3 Å². The molecular weight excluding hydrogens is 214 g/mol. The molecule has 82 valence electrons. The maximum absolute atomic E-state index is 10.6. The Morgan fingerprint density at radius 3 is 2.87 bits per heavy atom. The number of ether oxygens (including phenoxy) is 2. The van der Waals surface area contributed by atoms with E-state index >= 15 is 0 Å². The van der Waals surface area contributed by atoms with E-state index < -0.39 is 0 Å². The van der Waals surface area contributed by atoms with Crippen molar-refractivity contribution in [3.05, 3.63) is 16.1 Å². The van der Waals surface area contributed by atoms with Crippen LogP contribution in [0.2, 0.25) is 0 Å². The van der Waals surface area contributed by atoms with Crippen LogP contribution in [0.4, 0.5) is 0 Å². The van der Waals surface area contributed by atoms with E-state index in [4.69, 9.17) is 9.47 Å². The second kappa shape index (κ2) is 4.38. The molecule has 0 amide bonds. The van der Waals surface area contributed by atoms with Crippen molar-refractivity contribution in [3.63, 3.8) is 0 Å². The first-order valence-electron chi connectivity index (χ1n) is 4.85. The molecular formula is C10H13NO3S. The third-order valence-corrected chi connectivity index (χ3v) is 3.83. The Morgan fingerprint density at radius 2 is 2.33 bits per heavy atom. The summed E-state index contributed by atoms with van der Waals surface area (Å²) in [6.45, 7) is 1.37. The van der Waals surface area contributed by atoms with Crippen LogP contribution in [0.5, 0.6) is 0 Å². The zero-order valence-corrected chi connectivity index (χ0v) is 9.38. The fourth-order valence-electron chi connectivity index (χ4n) is 1.76. The average Bonchev–Trinajstić information content (AvgIpc) is 2.79. The summed E-state index contributed by atoms with van der Waals surface area (Å²) < 4.78 is 10.9. The number of hydrogen-bond donors (Lipinski definition) is 0. The van der Waals surface area contributed by atoms with Gasteiger partial charge in [0.15, 0.2) is 6.29 Å². The summed E-state index contributed by atoms with van der Waals surface area (Å²) in [5.74, 6) is 0.